The summed E-state index contributed by atoms with van der Waals surface area (Å²) in [6.45, 7) is 11.8. The molecular weight excluding hydrogens is 496 g/mol. The maximum atomic E-state index is 13.0. The second kappa shape index (κ2) is 11.7. The van der Waals surface area contributed by atoms with Gasteiger partial charge in [0.15, 0.2) is 6.61 Å². The molecular formula is C32H49O7+. The number of allylic oxidation sites excluding steroid dienone is 1. The minimum Gasteiger partial charge on any atom is -0.462 e. The third-order valence-electron chi connectivity index (χ3n) is 10.8. The van der Waals surface area contributed by atoms with Crippen LogP contribution in [-0.4, -0.2) is 47.3 Å². The third kappa shape index (κ3) is 6.12. The molecule has 39 heavy (non-hydrogen) atoms. The molecule has 7 heteroatoms. The Kier molecular flexibility index (Phi) is 8.97. The number of ketones is 1. The Morgan fingerprint density at radius 2 is 1.82 bits per heavy atom. The molecule has 0 aromatic heterocycles. The SMILES string of the molecule is CC(=O)O[C@H]1CC[C@@]2(C)C(=CCC3C4CC(OC(=O)CCC[C@H](C)COC(C)=[OH+])C(C(C)=O)[C@@]4(C)CCC32)C1. The van der Waals surface area contributed by atoms with Gasteiger partial charge in [0.05, 0.1) is 12.8 Å². The zero-order chi connectivity index (χ0) is 28.5. The first-order valence-electron chi connectivity index (χ1n) is 15.1. The van der Waals surface area contributed by atoms with E-state index in [1.807, 2.05) is 6.92 Å². The van der Waals surface area contributed by atoms with Crippen LogP contribution in [0.1, 0.15) is 106 Å². The fraction of sp³-hybridized carbons (Fsp3) is 0.812. The number of carbonyl (C=O) groups excluding carboxylic acids is 4. The third-order valence-corrected chi connectivity index (χ3v) is 10.8. The van der Waals surface area contributed by atoms with E-state index in [1.54, 1.807) is 6.92 Å². The van der Waals surface area contributed by atoms with Gasteiger partial charge in [0, 0.05) is 25.7 Å². The lowest BCUT2D eigenvalue weighted by Crippen LogP contribution is -2.51. The Hall–Kier alpha value is -2.18. The van der Waals surface area contributed by atoms with Crippen LogP contribution < -0.4 is 0 Å². The highest BCUT2D eigenvalue weighted by molar-refractivity contribution is 5.81. The van der Waals surface area contributed by atoms with Crippen molar-refractivity contribution in [2.45, 2.75) is 118 Å². The van der Waals surface area contributed by atoms with E-state index in [2.05, 4.69) is 19.9 Å². The van der Waals surface area contributed by atoms with Gasteiger partial charge in [-0.2, -0.15) is 0 Å². The molecule has 4 rings (SSSR count). The first-order chi connectivity index (χ1) is 18.3. The van der Waals surface area contributed by atoms with Gasteiger partial charge < -0.3 is 19.0 Å². The maximum Gasteiger partial charge on any atom is 0.479 e. The molecule has 1 N–H and O–H groups in total. The molecule has 0 heterocycles. The molecule has 3 fully saturated rings. The van der Waals surface area contributed by atoms with Gasteiger partial charge in [-0.15, -0.1) is 0 Å². The minimum absolute atomic E-state index is 0.0164. The summed E-state index contributed by atoms with van der Waals surface area (Å²) >= 11 is 0. The van der Waals surface area contributed by atoms with Crippen LogP contribution in [0.2, 0.25) is 0 Å². The summed E-state index contributed by atoms with van der Waals surface area (Å²) in [4.78, 5) is 46.7. The summed E-state index contributed by atoms with van der Waals surface area (Å²) in [6, 6.07) is 0. The fourth-order valence-corrected chi connectivity index (χ4v) is 8.96. The summed E-state index contributed by atoms with van der Waals surface area (Å²) in [5, 5.41) is 0. The number of esters is 3. The van der Waals surface area contributed by atoms with Crippen LogP contribution in [0.25, 0.3) is 0 Å². The monoisotopic (exact) mass is 545 g/mol. The number of hydrogen-bond donors (Lipinski definition) is 0. The second-order valence-corrected chi connectivity index (χ2v) is 13.5. The van der Waals surface area contributed by atoms with Crippen molar-refractivity contribution >= 4 is 23.7 Å². The minimum atomic E-state index is -0.353. The quantitative estimate of drug-likeness (QED) is 0.154. The number of carbonyl (C=O) groups is 3. The predicted molar refractivity (Wildman–Crippen MR) is 148 cm³/mol. The van der Waals surface area contributed by atoms with Gasteiger partial charge in [0.25, 0.3) is 0 Å². The van der Waals surface area contributed by atoms with Gasteiger partial charge in [-0.25, -0.2) is 0 Å². The van der Waals surface area contributed by atoms with E-state index < -0.39 is 0 Å². The van der Waals surface area contributed by atoms with Gasteiger partial charge in [-0.1, -0.05) is 32.4 Å². The molecule has 0 aromatic carbocycles. The fourth-order valence-electron chi connectivity index (χ4n) is 8.96. The van der Waals surface area contributed by atoms with Crippen LogP contribution in [0.4, 0.5) is 0 Å². The largest absolute Gasteiger partial charge is 0.479 e. The van der Waals surface area contributed by atoms with E-state index in [9.17, 15) is 19.2 Å². The van der Waals surface area contributed by atoms with Crippen molar-refractivity contribution in [3.05, 3.63) is 11.6 Å². The van der Waals surface area contributed by atoms with Crippen molar-refractivity contribution in [2.75, 3.05) is 6.61 Å². The van der Waals surface area contributed by atoms with E-state index >= 15 is 0 Å². The smallest absolute Gasteiger partial charge is 0.462 e. The van der Waals surface area contributed by atoms with Crippen LogP contribution in [0, 0.1) is 40.4 Å². The molecule has 9 atom stereocenters. The van der Waals surface area contributed by atoms with E-state index in [0.717, 1.165) is 51.4 Å². The number of ether oxygens (including phenoxy) is 3. The van der Waals surface area contributed by atoms with Gasteiger partial charge in [0.1, 0.15) is 18.0 Å². The highest BCUT2D eigenvalue weighted by Gasteiger charge is 2.63. The molecule has 0 aromatic rings. The molecule has 0 aliphatic heterocycles. The van der Waals surface area contributed by atoms with Gasteiger partial charge in [-0.3, -0.25) is 14.4 Å². The molecule has 4 aliphatic carbocycles. The highest BCUT2D eigenvalue weighted by atomic mass is 16.5. The van der Waals surface area contributed by atoms with Crippen molar-refractivity contribution in [1.29, 1.82) is 0 Å². The first kappa shape index (κ1) is 29.8. The van der Waals surface area contributed by atoms with Crippen LogP contribution >= 0.6 is 0 Å². The van der Waals surface area contributed by atoms with Crippen molar-refractivity contribution in [1.82, 2.24) is 0 Å². The lowest BCUT2D eigenvalue weighted by atomic mass is 9.47. The zero-order valence-corrected chi connectivity index (χ0v) is 24.8. The van der Waals surface area contributed by atoms with Crippen LogP contribution in [-0.2, 0) is 28.6 Å². The van der Waals surface area contributed by atoms with E-state index in [-0.39, 0.29) is 58.6 Å². The van der Waals surface area contributed by atoms with Crippen molar-refractivity contribution < 1.29 is 33.4 Å². The number of rotatable bonds is 9. The summed E-state index contributed by atoms with van der Waals surface area (Å²) in [6.07, 6.45) is 10.4. The van der Waals surface area contributed by atoms with Crippen molar-refractivity contribution in [2.24, 2.45) is 40.4 Å². The average molecular weight is 546 g/mol. The Balaban J connectivity index is 1.42. The second-order valence-electron chi connectivity index (χ2n) is 13.5. The molecule has 0 bridgehead atoms. The number of Topliss-reactive ketones (excluding diaryl/α,β-unsaturated/α-hetero) is 1. The molecule has 0 saturated heterocycles. The molecule has 4 aliphatic rings. The molecule has 3 saturated carbocycles. The Morgan fingerprint density at radius 3 is 2.49 bits per heavy atom. The Morgan fingerprint density at radius 1 is 1.08 bits per heavy atom. The van der Waals surface area contributed by atoms with Crippen LogP contribution in [0.15, 0.2) is 11.6 Å². The standard InChI is InChI=1S/C32H48O7/c1-19(18-37-21(3)34)8-7-9-29(36)39-28-17-27-25-11-10-23-16-24(38-22(4)35)12-14-31(23,5)26(25)13-15-32(27,6)30(28)20(2)33/h10,19,24-28,30H,7-9,11-18H2,1-6H3/p+1/t19-,24-,25?,26?,27?,28?,30?,31-,32-/m0/s1. The zero-order valence-electron chi connectivity index (χ0n) is 24.8. The molecule has 218 valence electrons. The highest BCUT2D eigenvalue weighted by Crippen LogP contribution is 2.66. The Labute approximate surface area is 233 Å². The maximum absolute atomic E-state index is 13.0. The van der Waals surface area contributed by atoms with Crippen LogP contribution in [0.3, 0.4) is 0 Å². The summed E-state index contributed by atoms with van der Waals surface area (Å²) in [5.74, 6) is 1.02. The first-order valence-corrected chi connectivity index (χ1v) is 15.1. The topological polar surface area (TPSA) is 100 Å². The molecule has 0 amide bonds. The van der Waals surface area contributed by atoms with Gasteiger partial charge in [0.2, 0.25) is 0 Å². The van der Waals surface area contributed by atoms with Gasteiger partial charge >= 0.3 is 17.9 Å². The van der Waals surface area contributed by atoms with Crippen molar-refractivity contribution in [3.63, 3.8) is 0 Å². The van der Waals surface area contributed by atoms with Gasteiger partial charge in [-0.05, 0) is 86.9 Å². The van der Waals surface area contributed by atoms with Crippen molar-refractivity contribution in [3.8, 4) is 0 Å². The van der Waals surface area contributed by atoms with E-state index in [4.69, 9.17) is 14.2 Å². The Bertz CT molecular complexity index is 1000. The summed E-state index contributed by atoms with van der Waals surface area (Å²) < 4.78 is 16.8. The molecule has 0 radical (unpaired) electrons. The average Bonchev–Trinajstić information content (AvgIpc) is 3.14. The van der Waals surface area contributed by atoms with E-state index in [1.165, 1.54) is 19.4 Å². The number of fused-ring (bicyclic) bond motifs is 5. The normalized spacial score (nSPS) is 37.8. The molecule has 5 unspecified atom stereocenters. The lowest BCUT2D eigenvalue weighted by Gasteiger charge is -2.57. The molecule has 0 spiro atoms. The summed E-state index contributed by atoms with van der Waals surface area (Å²) in [7, 11) is 0. The number of hydrogen-bond acceptors (Lipinski definition) is 6. The lowest BCUT2D eigenvalue weighted by molar-refractivity contribution is -0.154. The van der Waals surface area contributed by atoms with Crippen LogP contribution in [0.5, 0.6) is 0 Å². The predicted octanol–water partition coefficient (Wildman–Crippen LogP) is 5.95. The van der Waals surface area contributed by atoms with E-state index in [0.29, 0.717) is 37.2 Å². The molecule has 7 nitrogen and oxygen atoms in total. The summed E-state index contributed by atoms with van der Waals surface area (Å²) in [5.41, 5.74) is 1.40.